The Morgan fingerprint density at radius 1 is 1.23 bits per heavy atom. The third-order valence-electron chi connectivity index (χ3n) is 5.51. The third kappa shape index (κ3) is 4.24. The molecule has 8 heteroatoms. The highest BCUT2D eigenvalue weighted by atomic mass is 32.1. The molecule has 0 bridgehead atoms. The molecule has 0 saturated carbocycles. The van der Waals surface area contributed by atoms with Crippen LogP contribution in [0.1, 0.15) is 40.9 Å². The molecule has 30 heavy (non-hydrogen) atoms. The minimum Gasteiger partial charge on any atom is -0.461 e. The van der Waals surface area contributed by atoms with E-state index in [-0.39, 0.29) is 6.54 Å². The Morgan fingerprint density at radius 2 is 2.03 bits per heavy atom. The molecule has 7 nitrogen and oxygen atoms in total. The van der Waals surface area contributed by atoms with Gasteiger partial charge < -0.3 is 10.1 Å². The zero-order valence-corrected chi connectivity index (χ0v) is 17.7. The van der Waals surface area contributed by atoms with Gasteiger partial charge in [-0.1, -0.05) is 36.8 Å². The van der Waals surface area contributed by atoms with Crippen molar-refractivity contribution in [3.8, 4) is 0 Å². The first-order valence-corrected chi connectivity index (χ1v) is 11.0. The van der Waals surface area contributed by atoms with Crippen LogP contribution in [0, 0.1) is 0 Å². The fraction of sp³-hybridized carbons (Fsp3) is 0.409. The minimum atomic E-state index is -0.450. The summed E-state index contributed by atoms with van der Waals surface area (Å²) in [7, 11) is 1.62. The van der Waals surface area contributed by atoms with Crippen molar-refractivity contribution in [2.75, 3.05) is 13.2 Å². The lowest BCUT2D eigenvalue weighted by atomic mass is 10.0. The molecule has 0 aliphatic carbocycles. The molecule has 1 aliphatic heterocycles. The van der Waals surface area contributed by atoms with Gasteiger partial charge in [0.15, 0.2) is 0 Å². The normalized spacial score (nSPS) is 16.6. The highest BCUT2D eigenvalue weighted by Crippen LogP contribution is 2.23. The van der Waals surface area contributed by atoms with E-state index < -0.39 is 17.2 Å². The monoisotopic (exact) mass is 427 g/mol. The molecule has 158 valence electrons. The van der Waals surface area contributed by atoms with Gasteiger partial charge in [-0.3, -0.25) is 13.9 Å². The summed E-state index contributed by atoms with van der Waals surface area (Å²) in [4.78, 5) is 39.0. The molecular weight excluding hydrogens is 402 g/mol. The smallest absolute Gasteiger partial charge is 0.348 e. The van der Waals surface area contributed by atoms with Gasteiger partial charge in [-0.2, -0.15) is 0 Å². The summed E-state index contributed by atoms with van der Waals surface area (Å²) in [5.41, 5.74) is 0.0717. The zero-order chi connectivity index (χ0) is 21.1. The number of esters is 1. The van der Waals surface area contributed by atoms with Gasteiger partial charge in [0.25, 0.3) is 5.56 Å². The third-order valence-corrected chi connectivity index (χ3v) is 6.70. The maximum Gasteiger partial charge on any atom is 0.348 e. The van der Waals surface area contributed by atoms with Crippen LogP contribution in [0.3, 0.4) is 0 Å². The van der Waals surface area contributed by atoms with Crippen molar-refractivity contribution in [1.29, 1.82) is 0 Å². The average Bonchev–Trinajstić information content (AvgIpc) is 3.23. The summed E-state index contributed by atoms with van der Waals surface area (Å²) in [6.45, 7) is 1.53. The standard InChI is InChI=1S/C22H25N3O4S/c1-24-20-17(19(26)25(22(24)28)14-15-7-3-2-4-8-15)13-18(30-20)21(27)29-12-10-16-9-5-6-11-23-16/h2-4,7-8,13,16,23H,5-6,9-12,14H2,1H3. The van der Waals surface area contributed by atoms with Crippen LogP contribution >= 0.6 is 11.3 Å². The Morgan fingerprint density at radius 3 is 2.77 bits per heavy atom. The number of aryl methyl sites for hydroxylation is 1. The molecule has 0 amide bonds. The lowest BCUT2D eigenvalue weighted by molar-refractivity contribution is 0.0492. The summed E-state index contributed by atoms with van der Waals surface area (Å²) < 4.78 is 8.06. The number of carbonyl (C=O) groups excluding carboxylic acids is 1. The Kier molecular flexibility index (Phi) is 6.15. The first kappa shape index (κ1) is 20.6. The summed E-state index contributed by atoms with van der Waals surface area (Å²) in [6, 6.07) is 11.3. The summed E-state index contributed by atoms with van der Waals surface area (Å²) in [5, 5.41) is 3.79. The number of ether oxygens (including phenoxy) is 1. The van der Waals surface area contributed by atoms with Gasteiger partial charge >= 0.3 is 11.7 Å². The Hall–Kier alpha value is -2.71. The number of aromatic nitrogens is 2. The number of piperidine rings is 1. The van der Waals surface area contributed by atoms with Crippen molar-refractivity contribution in [2.45, 2.75) is 38.3 Å². The predicted octanol–water partition coefficient (Wildman–Crippen LogP) is 2.50. The van der Waals surface area contributed by atoms with E-state index in [1.165, 1.54) is 22.0 Å². The van der Waals surface area contributed by atoms with Crippen LogP contribution < -0.4 is 16.6 Å². The van der Waals surface area contributed by atoms with E-state index in [2.05, 4.69) is 5.32 Å². The van der Waals surface area contributed by atoms with Crippen molar-refractivity contribution in [1.82, 2.24) is 14.5 Å². The molecule has 1 aliphatic rings. The second-order valence-corrected chi connectivity index (χ2v) is 8.65. The first-order chi connectivity index (χ1) is 14.5. The van der Waals surface area contributed by atoms with E-state index in [1.807, 2.05) is 30.3 Å². The molecule has 1 unspecified atom stereocenters. The Balaban J connectivity index is 1.55. The van der Waals surface area contributed by atoms with Crippen LogP contribution in [0.5, 0.6) is 0 Å². The molecule has 0 radical (unpaired) electrons. The molecule has 2 aromatic heterocycles. The predicted molar refractivity (Wildman–Crippen MR) is 117 cm³/mol. The van der Waals surface area contributed by atoms with Crippen molar-refractivity contribution >= 4 is 27.5 Å². The molecule has 0 spiro atoms. The quantitative estimate of drug-likeness (QED) is 0.611. The SMILES string of the molecule is Cn1c(=O)n(Cc2ccccc2)c(=O)c2cc(C(=O)OCCC3CCCCN3)sc21. The maximum atomic E-state index is 13.0. The summed E-state index contributed by atoms with van der Waals surface area (Å²) in [5.74, 6) is -0.450. The van der Waals surface area contributed by atoms with E-state index in [1.54, 1.807) is 13.1 Å². The van der Waals surface area contributed by atoms with Crippen molar-refractivity contribution in [2.24, 2.45) is 7.05 Å². The molecule has 1 fully saturated rings. The van der Waals surface area contributed by atoms with Gasteiger partial charge in [-0.25, -0.2) is 9.59 Å². The topological polar surface area (TPSA) is 82.3 Å². The lowest BCUT2D eigenvalue weighted by Crippen LogP contribution is -2.38. The lowest BCUT2D eigenvalue weighted by Gasteiger charge is -2.22. The number of benzene rings is 1. The summed E-state index contributed by atoms with van der Waals surface area (Å²) in [6.07, 6.45) is 4.27. The number of thiophene rings is 1. The van der Waals surface area contributed by atoms with E-state index in [0.29, 0.717) is 27.7 Å². The number of carbonyl (C=O) groups is 1. The van der Waals surface area contributed by atoms with Crippen LogP contribution in [0.4, 0.5) is 0 Å². The highest BCUT2D eigenvalue weighted by molar-refractivity contribution is 7.20. The molecule has 1 aromatic carbocycles. The molecule has 3 heterocycles. The van der Waals surface area contributed by atoms with Crippen molar-refractivity contribution in [3.05, 3.63) is 67.7 Å². The van der Waals surface area contributed by atoms with Gasteiger partial charge in [0.05, 0.1) is 18.5 Å². The Labute approximate surface area is 177 Å². The number of fused-ring (bicyclic) bond motifs is 1. The van der Waals surface area contributed by atoms with Crippen LogP contribution in [0.2, 0.25) is 0 Å². The second kappa shape index (κ2) is 8.97. The molecule has 1 saturated heterocycles. The number of hydrogen-bond acceptors (Lipinski definition) is 6. The van der Waals surface area contributed by atoms with Gasteiger partial charge in [-0.15, -0.1) is 11.3 Å². The molecule has 3 aromatic rings. The van der Waals surface area contributed by atoms with Gasteiger partial charge in [0.2, 0.25) is 0 Å². The Bertz CT molecular complexity index is 1160. The van der Waals surface area contributed by atoms with E-state index in [0.717, 1.165) is 36.3 Å². The molecule has 1 atom stereocenters. The maximum absolute atomic E-state index is 13.0. The van der Waals surface area contributed by atoms with E-state index in [9.17, 15) is 14.4 Å². The number of nitrogens with zero attached hydrogens (tertiary/aromatic N) is 2. The zero-order valence-electron chi connectivity index (χ0n) is 16.9. The molecule has 4 rings (SSSR count). The van der Waals surface area contributed by atoms with E-state index >= 15 is 0 Å². The van der Waals surface area contributed by atoms with Crippen molar-refractivity contribution in [3.63, 3.8) is 0 Å². The van der Waals surface area contributed by atoms with Gasteiger partial charge in [0.1, 0.15) is 9.71 Å². The molecule has 1 N–H and O–H groups in total. The fourth-order valence-corrected chi connectivity index (χ4v) is 4.82. The average molecular weight is 428 g/mol. The van der Waals surface area contributed by atoms with Gasteiger partial charge in [0, 0.05) is 13.1 Å². The van der Waals surface area contributed by atoms with Gasteiger partial charge in [-0.05, 0) is 37.4 Å². The largest absolute Gasteiger partial charge is 0.461 e. The van der Waals surface area contributed by atoms with E-state index in [4.69, 9.17) is 4.74 Å². The highest BCUT2D eigenvalue weighted by Gasteiger charge is 2.19. The van der Waals surface area contributed by atoms with Crippen LogP contribution in [-0.4, -0.2) is 34.3 Å². The fourth-order valence-electron chi connectivity index (χ4n) is 3.83. The van der Waals surface area contributed by atoms with Crippen molar-refractivity contribution < 1.29 is 9.53 Å². The second-order valence-electron chi connectivity index (χ2n) is 7.62. The molecular formula is C22H25N3O4S. The minimum absolute atomic E-state index is 0.187. The first-order valence-electron chi connectivity index (χ1n) is 10.2. The number of nitrogens with one attached hydrogen (secondary N) is 1. The van der Waals surface area contributed by atoms with Crippen LogP contribution in [0.15, 0.2) is 46.0 Å². The van der Waals surface area contributed by atoms with Crippen LogP contribution in [0.25, 0.3) is 10.2 Å². The summed E-state index contributed by atoms with van der Waals surface area (Å²) >= 11 is 1.12. The van der Waals surface area contributed by atoms with Crippen LogP contribution in [-0.2, 0) is 18.3 Å². The number of hydrogen-bond donors (Lipinski definition) is 1. The number of rotatable bonds is 6.